The van der Waals surface area contributed by atoms with Crippen LogP contribution in [0.5, 0.6) is 0 Å². The topological polar surface area (TPSA) is 40.5 Å². The van der Waals surface area contributed by atoms with Gasteiger partial charge in [0.25, 0.3) is 0 Å². The smallest absolute Gasteiger partial charge is 0.0783 e. The van der Waals surface area contributed by atoms with Gasteiger partial charge in [0, 0.05) is 11.8 Å². The molecule has 0 aromatic carbocycles. The van der Waals surface area contributed by atoms with Gasteiger partial charge in [-0.05, 0) is 6.42 Å². The lowest BCUT2D eigenvalue weighted by molar-refractivity contribution is 0.100. The Morgan fingerprint density at radius 3 is 1.73 bits per heavy atom. The van der Waals surface area contributed by atoms with Gasteiger partial charge in [0.05, 0.1) is 12.2 Å². The minimum absolute atomic E-state index is 0.230. The van der Waals surface area contributed by atoms with Crippen LogP contribution >= 0.6 is 0 Å². The third kappa shape index (κ3) is 1.12. The summed E-state index contributed by atoms with van der Waals surface area (Å²) in [6, 6.07) is 0. The molecule has 2 rings (SSSR count). The average Bonchev–Trinajstić information content (AvgIpc) is 2.02. The monoisotopic (exact) mass is 152 g/mol. The third-order valence-electron chi connectivity index (χ3n) is 2.53. The van der Waals surface area contributed by atoms with Crippen molar-refractivity contribution in [2.75, 3.05) is 0 Å². The SMILES string of the molecule is O[C@H]1C=C[C@@H]2C[C@H]1C=C[C@@H]2O. The molecule has 4 atom stereocenters. The van der Waals surface area contributed by atoms with Gasteiger partial charge >= 0.3 is 0 Å². The first-order chi connectivity index (χ1) is 5.27. The van der Waals surface area contributed by atoms with Gasteiger partial charge in [0.2, 0.25) is 0 Å². The lowest BCUT2D eigenvalue weighted by Gasteiger charge is -2.32. The summed E-state index contributed by atoms with van der Waals surface area (Å²) in [4.78, 5) is 0. The Kier molecular flexibility index (Phi) is 1.59. The minimum atomic E-state index is -0.338. The van der Waals surface area contributed by atoms with Crippen LogP contribution in [0.3, 0.4) is 0 Å². The van der Waals surface area contributed by atoms with Crippen LogP contribution in [0.4, 0.5) is 0 Å². The first-order valence-corrected chi connectivity index (χ1v) is 4.00. The van der Waals surface area contributed by atoms with E-state index in [0.717, 1.165) is 6.42 Å². The van der Waals surface area contributed by atoms with E-state index in [1.807, 2.05) is 12.2 Å². The summed E-state index contributed by atoms with van der Waals surface area (Å²) in [5, 5.41) is 18.8. The lowest BCUT2D eigenvalue weighted by Crippen LogP contribution is -2.32. The first-order valence-electron chi connectivity index (χ1n) is 4.00. The van der Waals surface area contributed by atoms with E-state index in [0.29, 0.717) is 0 Å². The molecule has 2 heteroatoms. The molecule has 0 radical (unpaired) electrons. The Morgan fingerprint density at radius 2 is 1.27 bits per heavy atom. The number of hydrogen-bond acceptors (Lipinski definition) is 2. The normalized spacial score (nSPS) is 47.8. The van der Waals surface area contributed by atoms with Crippen LogP contribution < -0.4 is 0 Å². The second-order valence-corrected chi connectivity index (χ2v) is 3.31. The predicted octanol–water partition coefficient (Wildman–Crippen LogP) is 0.470. The fraction of sp³-hybridized carbons (Fsp3) is 0.556. The van der Waals surface area contributed by atoms with Crippen molar-refractivity contribution in [1.82, 2.24) is 0 Å². The molecule has 2 bridgehead atoms. The van der Waals surface area contributed by atoms with Crippen molar-refractivity contribution in [3.63, 3.8) is 0 Å². The maximum absolute atomic E-state index is 9.39. The van der Waals surface area contributed by atoms with Crippen LogP contribution in [-0.4, -0.2) is 22.4 Å². The van der Waals surface area contributed by atoms with Crippen LogP contribution in [0.2, 0.25) is 0 Å². The highest BCUT2D eigenvalue weighted by molar-refractivity contribution is 5.16. The van der Waals surface area contributed by atoms with E-state index in [1.54, 1.807) is 12.2 Å². The number of aliphatic hydroxyl groups is 2. The molecule has 0 saturated carbocycles. The van der Waals surface area contributed by atoms with E-state index in [4.69, 9.17) is 0 Å². The van der Waals surface area contributed by atoms with E-state index in [2.05, 4.69) is 0 Å². The summed E-state index contributed by atoms with van der Waals surface area (Å²) in [5.41, 5.74) is 0. The zero-order valence-electron chi connectivity index (χ0n) is 6.22. The second kappa shape index (κ2) is 2.47. The van der Waals surface area contributed by atoms with Crippen LogP contribution in [0, 0.1) is 11.8 Å². The summed E-state index contributed by atoms with van der Waals surface area (Å²) in [5.74, 6) is 0.460. The van der Waals surface area contributed by atoms with Crippen molar-refractivity contribution in [3.05, 3.63) is 24.3 Å². The Labute approximate surface area is 65.9 Å². The Hall–Kier alpha value is -0.600. The van der Waals surface area contributed by atoms with Crippen molar-refractivity contribution >= 4 is 0 Å². The minimum Gasteiger partial charge on any atom is -0.388 e. The van der Waals surface area contributed by atoms with E-state index >= 15 is 0 Å². The maximum atomic E-state index is 9.39. The van der Waals surface area contributed by atoms with Crippen molar-refractivity contribution in [1.29, 1.82) is 0 Å². The van der Waals surface area contributed by atoms with Crippen LogP contribution in [0.1, 0.15) is 6.42 Å². The molecule has 0 heterocycles. The van der Waals surface area contributed by atoms with Crippen molar-refractivity contribution in [2.24, 2.45) is 11.8 Å². The zero-order chi connectivity index (χ0) is 7.84. The largest absolute Gasteiger partial charge is 0.388 e. The highest BCUT2D eigenvalue weighted by Crippen LogP contribution is 2.31. The second-order valence-electron chi connectivity index (χ2n) is 3.31. The molecule has 0 aromatic rings. The van der Waals surface area contributed by atoms with E-state index in [1.165, 1.54) is 0 Å². The van der Waals surface area contributed by atoms with Gasteiger partial charge in [-0.3, -0.25) is 0 Å². The molecule has 0 saturated heterocycles. The van der Waals surface area contributed by atoms with Gasteiger partial charge in [-0.1, -0.05) is 24.3 Å². The molecule has 0 unspecified atom stereocenters. The molecule has 0 fully saturated rings. The Balaban J connectivity index is 2.24. The summed E-state index contributed by atoms with van der Waals surface area (Å²) in [6.45, 7) is 0. The molecule has 2 nitrogen and oxygen atoms in total. The van der Waals surface area contributed by atoms with Crippen LogP contribution in [0.25, 0.3) is 0 Å². The summed E-state index contributed by atoms with van der Waals surface area (Å²) >= 11 is 0. The molecule has 0 spiro atoms. The van der Waals surface area contributed by atoms with Crippen LogP contribution in [-0.2, 0) is 0 Å². The predicted molar refractivity (Wildman–Crippen MR) is 41.9 cm³/mol. The average molecular weight is 152 g/mol. The fourth-order valence-electron chi connectivity index (χ4n) is 1.78. The van der Waals surface area contributed by atoms with Gasteiger partial charge in [0.15, 0.2) is 0 Å². The van der Waals surface area contributed by atoms with E-state index in [-0.39, 0.29) is 24.0 Å². The van der Waals surface area contributed by atoms with Gasteiger partial charge in [-0.2, -0.15) is 0 Å². The number of hydrogen-bond donors (Lipinski definition) is 2. The van der Waals surface area contributed by atoms with Gasteiger partial charge < -0.3 is 10.2 Å². The van der Waals surface area contributed by atoms with Crippen LogP contribution in [0.15, 0.2) is 24.3 Å². The molecule has 60 valence electrons. The molecular formula is C9H12O2. The van der Waals surface area contributed by atoms with Crippen molar-refractivity contribution in [2.45, 2.75) is 18.6 Å². The van der Waals surface area contributed by atoms with E-state index in [9.17, 15) is 10.2 Å². The van der Waals surface area contributed by atoms with Gasteiger partial charge in [-0.25, -0.2) is 0 Å². The molecule has 11 heavy (non-hydrogen) atoms. The number of aliphatic hydroxyl groups excluding tert-OH is 2. The molecule has 2 aliphatic rings. The summed E-state index contributed by atoms with van der Waals surface area (Å²) in [7, 11) is 0. The summed E-state index contributed by atoms with van der Waals surface area (Å²) in [6.07, 6.45) is 7.60. The lowest BCUT2D eigenvalue weighted by atomic mass is 9.77. The number of fused-ring (bicyclic) bond motifs is 2. The van der Waals surface area contributed by atoms with Gasteiger partial charge in [-0.15, -0.1) is 0 Å². The van der Waals surface area contributed by atoms with E-state index < -0.39 is 0 Å². The molecular weight excluding hydrogens is 140 g/mol. The van der Waals surface area contributed by atoms with Crippen molar-refractivity contribution in [3.8, 4) is 0 Å². The quantitative estimate of drug-likeness (QED) is 0.495. The fourth-order valence-corrected chi connectivity index (χ4v) is 1.78. The molecule has 0 aliphatic heterocycles. The highest BCUT2D eigenvalue weighted by Gasteiger charge is 2.29. The Morgan fingerprint density at radius 1 is 0.818 bits per heavy atom. The first kappa shape index (κ1) is 7.07. The Bertz CT molecular complexity index is 186. The molecule has 2 N–H and O–H groups in total. The molecule has 2 aliphatic carbocycles. The van der Waals surface area contributed by atoms with Crippen molar-refractivity contribution < 1.29 is 10.2 Å². The molecule has 0 amide bonds. The number of rotatable bonds is 0. The highest BCUT2D eigenvalue weighted by atomic mass is 16.3. The molecule has 0 aromatic heterocycles. The maximum Gasteiger partial charge on any atom is 0.0783 e. The standard InChI is InChI=1S/C9H12O2/c10-8-3-1-6-5-7(8)2-4-9(6)11/h1-4,6-11H,5H2/t6-,7-,8+,9+/m1/s1. The zero-order valence-corrected chi connectivity index (χ0v) is 6.22. The van der Waals surface area contributed by atoms with Gasteiger partial charge in [0.1, 0.15) is 0 Å². The summed E-state index contributed by atoms with van der Waals surface area (Å²) < 4.78 is 0. The third-order valence-corrected chi connectivity index (χ3v) is 2.53.